The van der Waals surface area contributed by atoms with Crippen LogP contribution in [0.25, 0.3) is 11.1 Å². The van der Waals surface area contributed by atoms with E-state index in [1.165, 1.54) is 0 Å². The van der Waals surface area contributed by atoms with E-state index in [-0.39, 0.29) is 25.5 Å². The van der Waals surface area contributed by atoms with Gasteiger partial charge in [0.05, 0.1) is 0 Å². The molecule has 5 rings (SSSR count). The summed E-state index contributed by atoms with van der Waals surface area (Å²) in [5.41, 5.74) is 4.08. The zero-order chi connectivity index (χ0) is 29.7. The van der Waals surface area contributed by atoms with Crippen molar-refractivity contribution in [1.82, 2.24) is 20.4 Å². The second kappa shape index (κ2) is 12.8. The van der Waals surface area contributed by atoms with E-state index in [1.807, 2.05) is 90.6 Å². The van der Waals surface area contributed by atoms with Crippen molar-refractivity contribution in [2.24, 2.45) is 0 Å². The Labute approximate surface area is 246 Å². The third-order valence-electron chi connectivity index (χ3n) is 8.19. The van der Waals surface area contributed by atoms with Crippen LogP contribution in [-0.4, -0.2) is 84.8 Å². The fourth-order valence-electron chi connectivity index (χ4n) is 5.96. The molecule has 1 aliphatic carbocycles. The maximum absolute atomic E-state index is 13.5. The summed E-state index contributed by atoms with van der Waals surface area (Å²) >= 11 is 0. The van der Waals surface area contributed by atoms with Gasteiger partial charge in [-0.25, -0.2) is 9.59 Å². The lowest BCUT2D eigenvalue weighted by Gasteiger charge is -2.29. The molecule has 0 bridgehead atoms. The van der Waals surface area contributed by atoms with E-state index in [1.54, 1.807) is 0 Å². The number of rotatable bonds is 11. The van der Waals surface area contributed by atoms with Gasteiger partial charge >= 0.3 is 12.1 Å². The zero-order valence-corrected chi connectivity index (χ0v) is 24.1. The van der Waals surface area contributed by atoms with Crippen molar-refractivity contribution in [1.29, 1.82) is 0 Å². The minimum atomic E-state index is -1.44. The van der Waals surface area contributed by atoms with Gasteiger partial charge in [-0.1, -0.05) is 78.9 Å². The topological polar surface area (TPSA) is 111 Å². The molecule has 0 spiro atoms. The predicted molar refractivity (Wildman–Crippen MR) is 160 cm³/mol. The number of carbonyl (C=O) groups is 3. The number of hydrogen-bond donors (Lipinski definition) is 3. The molecule has 2 amide bonds. The van der Waals surface area contributed by atoms with Gasteiger partial charge in [-0.05, 0) is 61.3 Å². The number of amides is 2. The molecule has 42 heavy (non-hydrogen) atoms. The molecule has 2 aliphatic rings. The molecule has 0 radical (unpaired) electrons. The van der Waals surface area contributed by atoms with Crippen molar-refractivity contribution in [3.05, 3.63) is 95.6 Å². The van der Waals surface area contributed by atoms with E-state index in [9.17, 15) is 19.5 Å². The lowest BCUT2D eigenvalue weighted by molar-refractivity contribution is -0.147. The number of hydrogen-bond acceptors (Lipinski definition) is 6. The molecule has 2 unspecified atom stereocenters. The van der Waals surface area contributed by atoms with Gasteiger partial charge in [0.1, 0.15) is 12.6 Å². The molecule has 1 fully saturated rings. The Bertz CT molecular complexity index is 1380. The first-order valence-corrected chi connectivity index (χ1v) is 14.3. The van der Waals surface area contributed by atoms with Crippen LogP contribution >= 0.6 is 0 Å². The molecule has 0 saturated carbocycles. The SMILES string of the molecule is CN(C)CCC(NC(=O)OCC1c2ccccc2-c2ccccc21)C(=O)NC1(C(=O)O)CCN(Cc2ccccc2)C1. The smallest absolute Gasteiger partial charge is 0.407 e. The molecule has 3 N–H and O–H groups in total. The summed E-state index contributed by atoms with van der Waals surface area (Å²) in [4.78, 5) is 43.0. The summed E-state index contributed by atoms with van der Waals surface area (Å²) in [6, 6.07) is 25.0. The molecule has 2 atom stereocenters. The van der Waals surface area contributed by atoms with Gasteiger partial charge in [-0.15, -0.1) is 0 Å². The van der Waals surface area contributed by atoms with Gasteiger partial charge in [0.2, 0.25) is 5.91 Å². The Morgan fingerprint density at radius 1 is 0.976 bits per heavy atom. The van der Waals surface area contributed by atoms with E-state index in [0.717, 1.165) is 27.8 Å². The largest absolute Gasteiger partial charge is 0.479 e. The van der Waals surface area contributed by atoms with Crippen LogP contribution in [0.2, 0.25) is 0 Å². The van der Waals surface area contributed by atoms with Crippen LogP contribution in [0.3, 0.4) is 0 Å². The highest BCUT2D eigenvalue weighted by atomic mass is 16.5. The number of aliphatic carboxylic acids is 1. The molecule has 1 aliphatic heterocycles. The second-order valence-electron chi connectivity index (χ2n) is 11.4. The second-order valence-corrected chi connectivity index (χ2v) is 11.4. The molecule has 9 heteroatoms. The fourth-order valence-corrected chi connectivity index (χ4v) is 5.96. The Kier molecular flexibility index (Phi) is 8.89. The summed E-state index contributed by atoms with van der Waals surface area (Å²) in [7, 11) is 3.75. The maximum atomic E-state index is 13.5. The van der Waals surface area contributed by atoms with Crippen LogP contribution in [-0.2, 0) is 20.9 Å². The first-order valence-electron chi connectivity index (χ1n) is 14.3. The Balaban J connectivity index is 1.24. The zero-order valence-electron chi connectivity index (χ0n) is 24.1. The third-order valence-corrected chi connectivity index (χ3v) is 8.19. The van der Waals surface area contributed by atoms with Gasteiger partial charge in [0.25, 0.3) is 0 Å². The first kappa shape index (κ1) is 29.3. The number of nitrogens with zero attached hydrogens (tertiary/aromatic N) is 2. The molecular formula is C33H38N4O5. The molecule has 9 nitrogen and oxygen atoms in total. The quantitative estimate of drug-likeness (QED) is 0.323. The Morgan fingerprint density at radius 2 is 1.60 bits per heavy atom. The number of fused-ring (bicyclic) bond motifs is 3. The van der Waals surface area contributed by atoms with Crippen molar-refractivity contribution >= 4 is 18.0 Å². The number of benzene rings is 3. The monoisotopic (exact) mass is 570 g/mol. The molecule has 1 heterocycles. The molecule has 0 aromatic heterocycles. The van der Waals surface area contributed by atoms with Gasteiger partial charge < -0.3 is 25.4 Å². The lowest BCUT2D eigenvalue weighted by Crippen LogP contribution is -2.60. The van der Waals surface area contributed by atoms with E-state index in [0.29, 0.717) is 26.1 Å². The van der Waals surface area contributed by atoms with Gasteiger partial charge in [-0.3, -0.25) is 9.69 Å². The number of nitrogens with one attached hydrogen (secondary N) is 2. The van der Waals surface area contributed by atoms with Crippen molar-refractivity contribution in [3.8, 4) is 11.1 Å². The van der Waals surface area contributed by atoms with Crippen molar-refractivity contribution < 1.29 is 24.2 Å². The lowest BCUT2D eigenvalue weighted by atomic mass is 9.97. The third kappa shape index (κ3) is 6.48. The average molecular weight is 571 g/mol. The highest BCUT2D eigenvalue weighted by Gasteiger charge is 2.47. The number of carboxylic acid groups (broad SMARTS) is 1. The van der Waals surface area contributed by atoms with Crippen LogP contribution in [0, 0.1) is 0 Å². The highest BCUT2D eigenvalue weighted by molar-refractivity contribution is 5.91. The molecule has 3 aromatic rings. The fraction of sp³-hybridized carbons (Fsp3) is 0.364. The van der Waals surface area contributed by atoms with E-state index in [2.05, 4.69) is 22.8 Å². The Hall–Kier alpha value is -4.21. The molecule has 220 valence electrons. The summed E-state index contributed by atoms with van der Waals surface area (Å²) < 4.78 is 5.68. The first-order chi connectivity index (χ1) is 20.3. The Morgan fingerprint density at radius 3 is 2.21 bits per heavy atom. The van der Waals surface area contributed by atoms with Gasteiger partial charge in [-0.2, -0.15) is 0 Å². The van der Waals surface area contributed by atoms with E-state index >= 15 is 0 Å². The number of alkyl carbamates (subject to hydrolysis) is 1. The predicted octanol–water partition coefficient (Wildman–Crippen LogP) is 3.69. The van der Waals surface area contributed by atoms with Crippen molar-refractivity contribution in [2.75, 3.05) is 40.3 Å². The van der Waals surface area contributed by atoms with Crippen LogP contribution in [0.4, 0.5) is 4.79 Å². The minimum Gasteiger partial charge on any atom is -0.479 e. The number of carbonyl (C=O) groups excluding carboxylic acids is 2. The molecular weight excluding hydrogens is 532 g/mol. The van der Waals surface area contributed by atoms with E-state index in [4.69, 9.17) is 4.74 Å². The summed E-state index contributed by atoms with van der Waals surface area (Å²) in [6.07, 6.45) is -0.143. The number of ether oxygens (including phenoxy) is 1. The van der Waals surface area contributed by atoms with Gasteiger partial charge in [0.15, 0.2) is 5.54 Å². The maximum Gasteiger partial charge on any atom is 0.407 e. The number of likely N-dealkylation sites (tertiary alicyclic amines) is 1. The van der Waals surface area contributed by atoms with Gasteiger partial charge in [0, 0.05) is 25.6 Å². The summed E-state index contributed by atoms with van der Waals surface area (Å²) in [5, 5.41) is 15.7. The summed E-state index contributed by atoms with van der Waals surface area (Å²) in [6.45, 7) is 1.93. The normalized spacial score (nSPS) is 18.7. The van der Waals surface area contributed by atoms with Crippen LogP contribution in [0.5, 0.6) is 0 Å². The molecule has 1 saturated heterocycles. The number of carboxylic acids is 1. The highest BCUT2D eigenvalue weighted by Crippen LogP contribution is 2.44. The summed E-state index contributed by atoms with van der Waals surface area (Å²) in [5.74, 6) is -1.73. The molecule has 3 aromatic carbocycles. The average Bonchev–Trinajstić information content (AvgIpc) is 3.54. The van der Waals surface area contributed by atoms with E-state index < -0.39 is 29.6 Å². The van der Waals surface area contributed by atoms with Crippen molar-refractivity contribution in [3.63, 3.8) is 0 Å². The minimum absolute atomic E-state index is 0.110. The van der Waals surface area contributed by atoms with Crippen LogP contribution in [0.15, 0.2) is 78.9 Å². The van der Waals surface area contributed by atoms with Crippen LogP contribution in [0.1, 0.15) is 35.4 Å². The van der Waals surface area contributed by atoms with Crippen molar-refractivity contribution in [2.45, 2.75) is 36.9 Å². The standard InChI is InChI=1S/C33H38N4O5/c1-36(2)18-16-29(30(38)35-33(31(39)40)17-19-37(22-33)20-23-10-4-3-5-11-23)34-32(41)42-21-28-26-14-8-6-12-24(26)25-13-7-9-15-27(25)28/h3-15,28-29H,16-22H2,1-2H3,(H,34,41)(H,35,38)(H,39,40). The van der Waals surface area contributed by atoms with Crippen LogP contribution < -0.4 is 10.6 Å².